The molecule has 1 atom stereocenters. The number of likely N-dealkylation sites (tertiary alicyclic amines) is 1. The summed E-state index contributed by atoms with van der Waals surface area (Å²) in [4.78, 5) is 17.1. The molecule has 1 aromatic rings. The lowest BCUT2D eigenvalue weighted by atomic mass is 10.0. The van der Waals surface area contributed by atoms with Gasteiger partial charge in [0.2, 0.25) is 0 Å². The Bertz CT molecular complexity index is 493. The minimum absolute atomic E-state index is 0.0719. The zero-order chi connectivity index (χ0) is 15.2. The fraction of sp³-hybridized carbons (Fsp3) is 0.667. The third-order valence-electron chi connectivity index (χ3n) is 4.12. The van der Waals surface area contributed by atoms with Gasteiger partial charge in [0.1, 0.15) is 11.5 Å². The standard InChI is InChI=1S/C15H24N4O2/c1-12-6-3-4-10-18(12)11-5-9-16-15-8-7-14(19(20)21)13(2)17-15/h7-8,12H,3-6,9-11H2,1-2H3,(H,16,17). The van der Waals surface area contributed by atoms with E-state index < -0.39 is 4.92 Å². The Labute approximate surface area is 125 Å². The van der Waals surface area contributed by atoms with Gasteiger partial charge in [-0.05, 0) is 45.7 Å². The molecule has 0 bridgehead atoms. The van der Waals surface area contributed by atoms with E-state index in [0.29, 0.717) is 17.6 Å². The number of aromatic nitrogens is 1. The number of nitro groups is 1. The Morgan fingerprint density at radius 3 is 2.95 bits per heavy atom. The third-order valence-corrected chi connectivity index (χ3v) is 4.12. The summed E-state index contributed by atoms with van der Waals surface area (Å²) in [5, 5.41) is 14.0. The maximum Gasteiger partial charge on any atom is 0.290 e. The highest BCUT2D eigenvalue weighted by Crippen LogP contribution is 2.18. The number of hydrogen-bond donors (Lipinski definition) is 1. The summed E-state index contributed by atoms with van der Waals surface area (Å²) in [7, 11) is 0. The van der Waals surface area contributed by atoms with Gasteiger partial charge in [-0.25, -0.2) is 4.98 Å². The highest BCUT2D eigenvalue weighted by Gasteiger charge is 2.17. The molecule has 2 rings (SSSR count). The van der Waals surface area contributed by atoms with Crippen LogP contribution in [-0.4, -0.2) is 40.5 Å². The number of pyridine rings is 1. The average molecular weight is 292 g/mol. The van der Waals surface area contributed by atoms with Crippen molar-refractivity contribution in [1.82, 2.24) is 9.88 Å². The van der Waals surface area contributed by atoms with Gasteiger partial charge >= 0.3 is 0 Å². The van der Waals surface area contributed by atoms with Crippen molar-refractivity contribution in [2.45, 2.75) is 45.6 Å². The molecule has 0 radical (unpaired) electrons. The molecule has 1 aliphatic rings. The summed E-state index contributed by atoms with van der Waals surface area (Å²) in [5.41, 5.74) is 0.525. The van der Waals surface area contributed by atoms with Crippen LogP contribution in [0.3, 0.4) is 0 Å². The number of rotatable bonds is 6. The van der Waals surface area contributed by atoms with E-state index in [-0.39, 0.29) is 5.69 Å². The van der Waals surface area contributed by atoms with Gasteiger partial charge in [0.05, 0.1) is 4.92 Å². The van der Waals surface area contributed by atoms with Crippen molar-refractivity contribution >= 4 is 11.5 Å². The zero-order valence-corrected chi connectivity index (χ0v) is 12.8. The second-order valence-electron chi connectivity index (χ2n) is 5.72. The van der Waals surface area contributed by atoms with E-state index >= 15 is 0 Å². The minimum atomic E-state index is -0.399. The number of aryl methyl sites for hydroxylation is 1. The second kappa shape index (κ2) is 7.36. The smallest absolute Gasteiger partial charge is 0.290 e. The average Bonchev–Trinajstić information content (AvgIpc) is 2.45. The maximum atomic E-state index is 10.7. The molecule has 1 unspecified atom stereocenters. The minimum Gasteiger partial charge on any atom is -0.370 e. The van der Waals surface area contributed by atoms with Crippen LogP contribution in [0.1, 0.15) is 38.3 Å². The topological polar surface area (TPSA) is 71.3 Å². The van der Waals surface area contributed by atoms with Gasteiger partial charge in [0, 0.05) is 25.2 Å². The first-order valence-corrected chi connectivity index (χ1v) is 7.68. The molecular formula is C15H24N4O2. The lowest BCUT2D eigenvalue weighted by molar-refractivity contribution is -0.385. The fourth-order valence-electron chi connectivity index (χ4n) is 2.83. The number of piperidine rings is 1. The third kappa shape index (κ3) is 4.39. The van der Waals surface area contributed by atoms with E-state index in [9.17, 15) is 10.1 Å². The van der Waals surface area contributed by atoms with Gasteiger partial charge in [-0.15, -0.1) is 0 Å². The fourth-order valence-corrected chi connectivity index (χ4v) is 2.83. The monoisotopic (exact) mass is 292 g/mol. The maximum absolute atomic E-state index is 10.7. The van der Waals surface area contributed by atoms with E-state index in [4.69, 9.17) is 0 Å². The normalized spacial score (nSPS) is 19.4. The van der Waals surface area contributed by atoms with Gasteiger partial charge in [0.25, 0.3) is 5.69 Å². The summed E-state index contributed by atoms with van der Waals surface area (Å²) in [5.74, 6) is 0.713. The van der Waals surface area contributed by atoms with Crippen molar-refractivity contribution < 1.29 is 4.92 Å². The van der Waals surface area contributed by atoms with Crippen molar-refractivity contribution in [2.75, 3.05) is 25.0 Å². The van der Waals surface area contributed by atoms with Gasteiger partial charge < -0.3 is 10.2 Å². The molecule has 2 heterocycles. The Kier molecular flexibility index (Phi) is 5.50. The van der Waals surface area contributed by atoms with Crippen molar-refractivity contribution in [3.63, 3.8) is 0 Å². The van der Waals surface area contributed by atoms with Gasteiger partial charge in [-0.2, -0.15) is 0 Å². The molecule has 0 spiro atoms. The van der Waals surface area contributed by atoms with E-state index in [1.54, 1.807) is 13.0 Å². The molecule has 6 heteroatoms. The Hall–Kier alpha value is -1.69. The van der Waals surface area contributed by atoms with Crippen LogP contribution < -0.4 is 5.32 Å². The summed E-state index contributed by atoms with van der Waals surface area (Å²) in [6.07, 6.45) is 5.02. The van der Waals surface area contributed by atoms with Crippen LogP contribution >= 0.6 is 0 Å². The predicted molar refractivity (Wildman–Crippen MR) is 83.6 cm³/mol. The van der Waals surface area contributed by atoms with Crippen molar-refractivity contribution in [3.8, 4) is 0 Å². The Balaban J connectivity index is 1.76. The van der Waals surface area contributed by atoms with Crippen molar-refractivity contribution in [2.24, 2.45) is 0 Å². The number of nitrogens with zero attached hydrogens (tertiary/aromatic N) is 3. The van der Waals surface area contributed by atoms with Crippen molar-refractivity contribution in [1.29, 1.82) is 0 Å². The number of anilines is 1. The van der Waals surface area contributed by atoms with Gasteiger partial charge in [-0.1, -0.05) is 6.42 Å². The van der Waals surface area contributed by atoms with E-state index in [1.165, 1.54) is 31.9 Å². The number of nitrogens with one attached hydrogen (secondary N) is 1. The van der Waals surface area contributed by atoms with Crippen LogP contribution in [0.2, 0.25) is 0 Å². The van der Waals surface area contributed by atoms with Crippen LogP contribution in [0.15, 0.2) is 12.1 Å². The van der Waals surface area contributed by atoms with Crippen LogP contribution in [0.25, 0.3) is 0 Å². The molecule has 1 aromatic heterocycles. The first kappa shape index (κ1) is 15.7. The lowest BCUT2D eigenvalue weighted by Crippen LogP contribution is -2.38. The Morgan fingerprint density at radius 2 is 2.29 bits per heavy atom. The predicted octanol–water partition coefficient (Wildman–Crippen LogP) is 2.97. The molecule has 116 valence electrons. The first-order chi connectivity index (χ1) is 10.1. The van der Waals surface area contributed by atoms with Crippen LogP contribution in [0, 0.1) is 17.0 Å². The van der Waals surface area contributed by atoms with Gasteiger partial charge in [-0.3, -0.25) is 10.1 Å². The molecule has 1 saturated heterocycles. The molecule has 6 nitrogen and oxygen atoms in total. The van der Waals surface area contributed by atoms with E-state index in [0.717, 1.165) is 19.5 Å². The SMILES string of the molecule is Cc1nc(NCCCN2CCCCC2C)ccc1[N+](=O)[O-]. The summed E-state index contributed by atoms with van der Waals surface area (Å²) >= 11 is 0. The quantitative estimate of drug-likeness (QED) is 0.496. The molecule has 1 N–H and O–H groups in total. The second-order valence-corrected chi connectivity index (χ2v) is 5.72. The van der Waals surface area contributed by atoms with Gasteiger partial charge in [0.15, 0.2) is 0 Å². The molecule has 1 aliphatic heterocycles. The highest BCUT2D eigenvalue weighted by atomic mass is 16.6. The summed E-state index contributed by atoms with van der Waals surface area (Å²) in [6, 6.07) is 3.88. The molecule has 0 aliphatic carbocycles. The van der Waals surface area contributed by atoms with Crippen LogP contribution in [0.5, 0.6) is 0 Å². The van der Waals surface area contributed by atoms with Crippen LogP contribution in [0.4, 0.5) is 11.5 Å². The summed E-state index contributed by atoms with van der Waals surface area (Å²) < 4.78 is 0. The largest absolute Gasteiger partial charge is 0.370 e. The lowest BCUT2D eigenvalue weighted by Gasteiger charge is -2.33. The zero-order valence-electron chi connectivity index (χ0n) is 12.8. The first-order valence-electron chi connectivity index (χ1n) is 7.68. The molecule has 0 aromatic carbocycles. The summed E-state index contributed by atoms with van der Waals surface area (Å²) in [6.45, 7) is 7.11. The van der Waals surface area contributed by atoms with E-state index in [1.807, 2.05) is 0 Å². The molecular weight excluding hydrogens is 268 g/mol. The van der Waals surface area contributed by atoms with Crippen molar-refractivity contribution in [3.05, 3.63) is 27.9 Å². The molecule has 0 saturated carbocycles. The number of hydrogen-bond acceptors (Lipinski definition) is 5. The van der Waals surface area contributed by atoms with E-state index in [2.05, 4.69) is 22.1 Å². The highest BCUT2D eigenvalue weighted by molar-refractivity contribution is 5.44. The molecule has 21 heavy (non-hydrogen) atoms. The molecule has 0 amide bonds. The van der Waals surface area contributed by atoms with Crippen LogP contribution in [-0.2, 0) is 0 Å². The Morgan fingerprint density at radius 1 is 1.48 bits per heavy atom. The molecule has 1 fully saturated rings.